The number of likely N-dealkylation sites (N-methyl/N-ethyl adjacent to an activating group) is 1. The van der Waals surface area contributed by atoms with Crippen molar-refractivity contribution in [3.8, 4) is 0 Å². The zero-order valence-corrected chi connectivity index (χ0v) is 11.9. The molecule has 6 heteroatoms. The second-order valence-corrected chi connectivity index (χ2v) is 4.81. The van der Waals surface area contributed by atoms with Gasteiger partial charge in [0.2, 0.25) is 0 Å². The predicted octanol–water partition coefficient (Wildman–Crippen LogP) is 0.867. The van der Waals surface area contributed by atoms with E-state index in [-0.39, 0.29) is 0 Å². The first-order valence-electron chi connectivity index (χ1n) is 6.52. The van der Waals surface area contributed by atoms with Gasteiger partial charge in [0.15, 0.2) is 6.10 Å². The maximum Gasteiger partial charge on any atom is 0.333 e. The number of imidazole rings is 1. The number of aliphatic carboxylic acids is 1. The van der Waals surface area contributed by atoms with E-state index in [9.17, 15) is 4.79 Å². The average Bonchev–Trinajstić information content (AvgIpc) is 2.75. The Kier molecular flexibility index (Phi) is 6.52. The van der Waals surface area contributed by atoms with E-state index in [0.29, 0.717) is 19.6 Å². The molecule has 1 heterocycles. The van der Waals surface area contributed by atoms with Gasteiger partial charge in [-0.1, -0.05) is 6.92 Å². The number of carboxylic acids is 1. The number of carbonyl (C=O) groups is 1. The third-order valence-electron chi connectivity index (χ3n) is 2.70. The number of rotatable bonds is 9. The minimum atomic E-state index is -0.941. The van der Waals surface area contributed by atoms with E-state index in [0.717, 1.165) is 18.7 Å². The lowest BCUT2D eigenvalue weighted by Gasteiger charge is -2.15. The van der Waals surface area contributed by atoms with Crippen LogP contribution in [0.5, 0.6) is 0 Å². The van der Waals surface area contributed by atoms with Crippen molar-refractivity contribution in [1.29, 1.82) is 0 Å². The zero-order valence-electron chi connectivity index (χ0n) is 11.9. The third kappa shape index (κ3) is 5.85. The molecule has 1 atom stereocenters. The van der Waals surface area contributed by atoms with Crippen LogP contribution in [0.4, 0.5) is 0 Å². The summed E-state index contributed by atoms with van der Waals surface area (Å²) >= 11 is 0. The minimum Gasteiger partial charge on any atom is -0.479 e. The molecule has 0 bridgehead atoms. The van der Waals surface area contributed by atoms with Crippen molar-refractivity contribution in [3.63, 3.8) is 0 Å². The van der Waals surface area contributed by atoms with Crippen molar-refractivity contribution in [1.82, 2.24) is 14.5 Å². The Balaban J connectivity index is 2.49. The molecule has 0 saturated carbocycles. The summed E-state index contributed by atoms with van der Waals surface area (Å²) in [5.74, 6) is -0.941. The van der Waals surface area contributed by atoms with Gasteiger partial charge in [-0.25, -0.2) is 9.78 Å². The summed E-state index contributed by atoms with van der Waals surface area (Å²) < 4.78 is 7.36. The molecule has 1 rings (SSSR count). The van der Waals surface area contributed by atoms with Crippen molar-refractivity contribution < 1.29 is 14.6 Å². The van der Waals surface area contributed by atoms with Crippen LogP contribution in [0.1, 0.15) is 19.0 Å². The van der Waals surface area contributed by atoms with Crippen molar-refractivity contribution >= 4 is 5.97 Å². The van der Waals surface area contributed by atoms with Crippen molar-refractivity contribution in [2.75, 3.05) is 27.2 Å². The molecule has 0 saturated heterocycles. The van der Waals surface area contributed by atoms with Crippen molar-refractivity contribution in [3.05, 3.63) is 18.2 Å². The zero-order chi connectivity index (χ0) is 14.3. The number of carboxylic acid groups (broad SMARTS) is 1. The van der Waals surface area contributed by atoms with Crippen molar-refractivity contribution in [2.45, 2.75) is 32.4 Å². The van der Waals surface area contributed by atoms with E-state index >= 15 is 0 Å². The number of hydrogen-bond donors (Lipinski definition) is 1. The number of nitrogens with zero attached hydrogens (tertiary/aromatic N) is 3. The van der Waals surface area contributed by atoms with Gasteiger partial charge in [-0.05, 0) is 20.5 Å². The van der Waals surface area contributed by atoms with E-state index < -0.39 is 12.1 Å². The van der Waals surface area contributed by atoms with Gasteiger partial charge in [-0.2, -0.15) is 0 Å². The largest absolute Gasteiger partial charge is 0.479 e. The van der Waals surface area contributed by atoms with Gasteiger partial charge in [-0.15, -0.1) is 0 Å². The lowest BCUT2D eigenvalue weighted by atomic mass is 10.2. The normalized spacial score (nSPS) is 12.8. The van der Waals surface area contributed by atoms with E-state index in [1.54, 1.807) is 6.33 Å². The number of aryl methyl sites for hydroxylation is 1. The molecule has 0 radical (unpaired) electrons. The van der Waals surface area contributed by atoms with Gasteiger partial charge in [0.1, 0.15) is 0 Å². The maximum absolute atomic E-state index is 11.1. The van der Waals surface area contributed by atoms with Crippen LogP contribution in [-0.4, -0.2) is 58.9 Å². The highest BCUT2D eigenvalue weighted by atomic mass is 16.5. The first kappa shape index (κ1) is 15.7. The molecule has 0 aliphatic rings. The minimum absolute atomic E-state index is 0.305. The van der Waals surface area contributed by atoms with Crippen LogP contribution in [0.25, 0.3) is 0 Å². The fourth-order valence-corrected chi connectivity index (χ4v) is 1.68. The molecule has 1 aromatic heterocycles. The molecule has 0 aliphatic heterocycles. The quantitative estimate of drug-likeness (QED) is 0.720. The van der Waals surface area contributed by atoms with Crippen LogP contribution < -0.4 is 0 Å². The topological polar surface area (TPSA) is 67.6 Å². The smallest absolute Gasteiger partial charge is 0.333 e. The fourth-order valence-electron chi connectivity index (χ4n) is 1.68. The summed E-state index contributed by atoms with van der Waals surface area (Å²) in [6.07, 6.45) is 4.12. The number of hydrogen-bond acceptors (Lipinski definition) is 4. The molecule has 0 fully saturated rings. The second kappa shape index (κ2) is 7.91. The van der Waals surface area contributed by atoms with Crippen LogP contribution in [0, 0.1) is 0 Å². The van der Waals surface area contributed by atoms with E-state index in [1.165, 1.54) is 0 Å². The van der Waals surface area contributed by atoms with E-state index in [4.69, 9.17) is 9.84 Å². The van der Waals surface area contributed by atoms with Crippen molar-refractivity contribution in [2.24, 2.45) is 0 Å². The summed E-state index contributed by atoms with van der Waals surface area (Å²) in [4.78, 5) is 17.3. The average molecular weight is 269 g/mol. The van der Waals surface area contributed by atoms with Gasteiger partial charge < -0.3 is 19.3 Å². The first-order valence-corrected chi connectivity index (χ1v) is 6.52. The molecule has 0 aliphatic carbocycles. The Morgan fingerprint density at radius 1 is 1.58 bits per heavy atom. The lowest BCUT2D eigenvalue weighted by Crippen LogP contribution is -2.30. The molecule has 108 valence electrons. The Labute approximate surface area is 114 Å². The molecular weight excluding hydrogens is 246 g/mol. The highest BCUT2D eigenvalue weighted by molar-refractivity contribution is 5.72. The van der Waals surface area contributed by atoms with Crippen LogP contribution in [0.2, 0.25) is 0 Å². The molecule has 0 amide bonds. The fraction of sp³-hybridized carbons (Fsp3) is 0.692. The Bertz CT molecular complexity index is 390. The Hall–Kier alpha value is -1.40. The van der Waals surface area contributed by atoms with Gasteiger partial charge >= 0.3 is 5.97 Å². The summed E-state index contributed by atoms with van der Waals surface area (Å²) in [5.41, 5.74) is 0.755. The first-order chi connectivity index (χ1) is 9.02. The number of aromatic nitrogens is 2. The summed E-state index contributed by atoms with van der Waals surface area (Å²) in [7, 11) is 3.84. The standard InChI is InChI=1S/C13H23N3O3/c1-4-5-16-9-11(14-10-16)8-12(13(17)18)19-7-6-15(2)3/h9-10,12H,4-8H2,1-3H3,(H,17,18). The molecule has 19 heavy (non-hydrogen) atoms. The maximum atomic E-state index is 11.1. The Morgan fingerprint density at radius 3 is 2.89 bits per heavy atom. The second-order valence-electron chi connectivity index (χ2n) is 4.81. The molecule has 0 spiro atoms. The highest BCUT2D eigenvalue weighted by Gasteiger charge is 2.19. The third-order valence-corrected chi connectivity index (χ3v) is 2.70. The molecule has 6 nitrogen and oxygen atoms in total. The molecule has 1 unspecified atom stereocenters. The van der Waals surface area contributed by atoms with Gasteiger partial charge in [-0.3, -0.25) is 0 Å². The van der Waals surface area contributed by atoms with E-state index in [2.05, 4.69) is 11.9 Å². The lowest BCUT2D eigenvalue weighted by molar-refractivity contribution is -0.150. The summed E-state index contributed by atoms with van der Waals surface area (Å²) in [6, 6.07) is 0. The Morgan fingerprint density at radius 2 is 2.32 bits per heavy atom. The van der Waals surface area contributed by atoms with Gasteiger partial charge in [0.05, 0.1) is 18.6 Å². The summed E-state index contributed by atoms with van der Waals surface area (Å²) in [6.45, 7) is 4.09. The number of ether oxygens (including phenoxy) is 1. The van der Waals surface area contributed by atoms with Crippen LogP contribution in [0.3, 0.4) is 0 Å². The van der Waals surface area contributed by atoms with E-state index in [1.807, 2.05) is 29.8 Å². The van der Waals surface area contributed by atoms with Crippen LogP contribution in [-0.2, 0) is 22.5 Å². The van der Waals surface area contributed by atoms with Crippen LogP contribution in [0.15, 0.2) is 12.5 Å². The SMILES string of the molecule is CCCn1cnc(CC(OCCN(C)C)C(=O)O)c1. The van der Waals surface area contributed by atoms with Gasteiger partial charge in [0.25, 0.3) is 0 Å². The predicted molar refractivity (Wildman–Crippen MR) is 72.2 cm³/mol. The van der Waals surface area contributed by atoms with Crippen LogP contribution >= 0.6 is 0 Å². The monoisotopic (exact) mass is 269 g/mol. The van der Waals surface area contributed by atoms with Gasteiger partial charge in [0, 0.05) is 25.7 Å². The molecule has 0 aromatic carbocycles. The molecule has 1 aromatic rings. The highest BCUT2D eigenvalue weighted by Crippen LogP contribution is 2.05. The summed E-state index contributed by atoms with van der Waals surface area (Å²) in [5, 5.41) is 9.14. The molecular formula is C13H23N3O3. The molecule has 1 N–H and O–H groups in total.